The third-order valence-electron chi connectivity index (χ3n) is 11.3. The Morgan fingerprint density at radius 3 is 2.23 bits per heavy atom. The average Bonchev–Trinajstić information content (AvgIpc) is 3.54. The Labute approximate surface area is 257 Å². The van der Waals surface area contributed by atoms with Crippen molar-refractivity contribution in [3.05, 3.63) is 160 Å². The number of Topliss-reactive ketones (excluding diaryl/α,β-unsaturated/α-hetero) is 1. The highest BCUT2D eigenvalue weighted by Crippen LogP contribution is 2.76. The van der Waals surface area contributed by atoms with Crippen LogP contribution in [0.2, 0.25) is 0 Å². The third kappa shape index (κ3) is 2.92. The summed E-state index contributed by atoms with van der Waals surface area (Å²) in [6.45, 7) is 5.09. The number of fused-ring (bicyclic) bond motifs is 3. The molecule has 5 aromatic rings. The number of hydrogen-bond acceptors (Lipinski definition) is 4. The number of benzene rings is 5. The van der Waals surface area contributed by atoms with Gasteiger partial charge < -0.3 is 5.11 Å². The Morgan fingerprint density at radius 1 is 0.795 bits per heavy atom. The molecule has 2 N–H and O–H groups in total. The molecule has 2 spiro atoms. The Balaban J connectivity index is 1.41. The largest absolute Gasteiger partial charge is 0.369 e. The van der Waals surface area contributed by atoms with Crippen molar-refractivity contribution in [3.63, 3.8) is 0 Å². The highest BCUT2D eigenvalue weighted by molar-refractivity contribution is 6.10. The summed E-state index contributed by atoms with van der Waals surface area (Å²) in [4.78, 5) is 17.9. The maximum atomic E-state index is 15.7. The van der Waals surface area contributed by atoms with Gasteiger partial charge >= 0.3 is 0 Å². The maximum absolute atomic E-state index is 15.7. The van der Waals surface area contributed by atoms with Gasteiger partial charge in [-0.25, -0.2) is 0 Å². The number of hydrogen-bond donors (Lipinski definition) is 2. The van der Waals surface area contributed by atoms with Crippen molar-refractivity contribution in [2.24, 2.45) is 5.41 Å². The lowest BCUT2D eigenvalue weighted by atomic mass is 9.56. The second kappa shape index (κ2) is 8.86. The Hall–Kier alpha value is -4.35. The van der Waals surface area contributed by atoms with E-state index in [1.165, 1.54) is 0 Å². The molecule has 3 fully saturated rings. The van der Waals surface area contributed by atoms with E-state index in [1.54, 1.807) is 0 Å². The molecule has 3 saturated heterocycles. The van der Waals surface area contributed by atoms with Crippen molar-refractivity contribution in [1.82, 2.24) is 10.2 Å². The van der Waals surface area contributed by atoms with Crippen molar-refractivity contribution in [2.45, 2.75) is 37.1 Å². The van der Waals surface area contributed by atoms with Gasteiger partial charge in [0.05, 0.1) is 5.41 Å². The fourth-order valence-corrected chi connectivity index (χ4v) is 9.55. The van der Waals surface area contributed by atoms with Gasteiger partial charge in [-0.3, -0.25) is 15.0 Å². The van der Waals surface area contributed by atoms with E-state index in [1.807, 2.05) is 24.3 Å². The van der Waals surface area contributed by atoms with E-state index in [0.717, 1.165) is 55.3 Å². The van der Waals surface area contributed by atoms with Crippen LogP contribution >= 0.6 is 0 Å². The first-order valence-corrected chi connectivity index (χ1v) is 15.6. The molecular weight excluding hydrogens is 540 g/mol. The zero-order chi connectivity index (χ0) is 29.8. The van der Waals surface area contributed by atoms with Crippen LogP contribution in [0.4, 0.5) is 0 Å². The SMILES string of the molecule is Cc1ccccc1/C=C1\CN2C[C@@]3(C1=O)[C@@H](c1ccccc1C)[C@H](c1ccccc1)N[C@]31c3cccc4cccc(c34)[C@]21O. The molecule has 2 bridgehead atoms. The van der Waals surface area contributed by atoms with Crippen LogP contribution in [0, 0.1) is 19.3 Å². The molecule has 0 aromatic heterocycles. The molecule has 44 heavy (non-hydrogen) atoms. The molecule has 9 rings (SSSR count). The van der Waals surface area contributed by atoms with Crippen molar-refractivity contribution in [3.8, 4) is 0 Å². The van der Waals surface area contributed by atoms with Gasteiger partial charge in [0.1, 0.15) is 5.54 Å². The van der Waals surface area contributed by atoms with Gasteiger partial charge in [0.2, 0.25) is 0 Å². The standard InChI is InChI=1S/C40H34N2O2/c1-25-12-6-8-16-29(25)22-30-23-42-24-38(37(30)43)35(31-19-9-7-13-26(31)2)36(28-14-4-3-5-15-28)41-39(38)32-20-10-17-27-18-11-21-33(34(27)32)40(39,42)44/h3-22,35-36,41,44H,23-24H2,1-2H3/b30-22+/t35-,36-,38-,39+,40+/m0/s1. The number of piperidine rings is 1. The number of carbonyl (C=O) groups is 1. The van der Waals surface area contributed by atoms with Gasteiger partial charge in [-0.1, -0.05) is 115 Å². The number of aliphatic hydroxyl groups is 1. The van der Waals surface area contributed by atoms with Crippen LogP contribution in [-0.2, 0) is 16.1 Å². The molecule has 0 radical (unpaired) electrons. The normalized spacial score (nSPS) is 32.3. The molecule has 5 aromatic carbocycles. The summed E-state index contributed by atoms with van der Waals surface area (Å²) in [5.74, 6) is -0.0859. The van der Waals surface area contributed by atoms with Crippen LogP contribution in [-0.4, -0.2) is 28.9 Å². The highest BCUT2D eigenvalue weighted by Gasteiger charge is 2.85. The predicted octanol–water partition coefficient (Wildman–Crippen LogP) is 6.91. The highest BCUT2D eigenvalue weighted by atomic mass is 16.3. The van der Waals surface area contributed by atoms with Gasteiger partial charge in [0.15, 0.2) is 11.5 Å². The number of ketones is 1. The Bertz CT molecular complexity index is 2040. The van der Waals surface area contributed by atoms with E-state index >= 15 is 4.79 Å². The van der Waals surface area contributed by atoms with Crippen molar-refractivity contribution < 1.29 is 9.90 Å². The van der Waals surface area contributed by atoms with E-state index in [-0.39, 0.29) is 17.7 Å². The molecule has 4 nitrogen and oxygen atoms in total. The van der Waals surface area contributed by atoms with Gasteiger partial charge in [-0.05, 0) is 64.1 Å². The van der Waals surface area contributed by atoms with Crippen LogP contribution in [0.25, 0.3) is 16.8 Å². The minimum absolute atomic E-state index is 0.136. The second-order valence-electron chi connectivity index (χ2n) is 13.2. The minimum atomic E-state index is -1.42. The topological polar surface area (TPSA) is 52.6 Å². The van der Waals surface area contributed by atoms with Gasteiger partial charge in [-0.15, -0.1) is 0 Å². The number of nitrogens with zero attached hydrogens (tertiary/aromatic N) is 1. The maximum Gasteiger partial charge on any atom is 0.170 e. The van der Waals surface area contributed by atoms with Crippen molar-refractivity contribution in [1.29, 1.82) is 0 Å². The summed E-state index contributed by atoms with van der Waals surface area (Å²) in [7, 11) is 0. The van der Waals surface area contributed by atoms with Crippen molar-refractivity contribution in [2.75, 3.05) is 13.1 Å². The Kier molecular flexibility index (Phi) is 5.25. The van der Waals surface area contributed by atoms with E-state index < -0.39 is 16.7 Å². The molecule has 1 aliphatic carbocycles. The van der Waals surface area contributed by atoms with E-state index in [0.29, 0.717) is 13.1 Å². The van der Waals surface area contributed by atoms with Gasteiger partial charge in [-0.2, -0.15) is 0 Å². The number of rotatable bonds is 3. The van der Waals surface area contributed by atoms with Gasteiger partial charge in [0.25, 0.3) is 0 Å². The summed E-state index contributed by atoms with van der Waals surface area (Å²) < 4.78 is 0. The smallest absolute Gasteiger partial charge is 0.170 e. The molecular formula is C40H34N2O2. The molecule has 0 amide bonds. The molecule has 0 saturated carbocycles. The zero-order valence-corrected chi connectivity index (χ0v) is 24.9. The predicted molar refractivity (Wildman–Crippen MR) is 174 cm³/mol. The summed E-state index contributed by atoms with van der Waals surface area (Å²) in [6.07, 6.45) is 2.08. The number of carbonyl (C=O) groups excluding carboxylic acids is 1. The molecule has 3 heterocycles. The summed E-state index contributed by atoms with van der Waals surface area (Å²) in [6, 6.07) is 39.7. The van der Waals surface area contributed by atoms with E-state index in [4.69, 9.17) is 0 Å². The summed E-state index contributed by atoms with van der Waals surface area (Å²) in [5, 5.41) is 19.8. The lowest BCUT2D eigenvalue weighted by Crippen LogP contribution is -2.59. The fourth-order valence-electron chi connectivity index (χ4n) is 9.55. The molecule has 1 unspecified atom stereocenters. The van der Waals surface area contributed by atoms with Crippen LogP contribution < -0.4 is 5.32 Å². The first-order valence-electron chi connectivity index (χ1n) is 15.6. The fraction of sp³-hybridized carbons (Fsp3) is 0.225. The first-order chi connectivity index (χ1) is 21.4. The summed E-state index contributed by atoms with van der Waals surface area (Å²) >= 11 is 0. The van der Waals surface area contributed by atoms with Gasteiger partial charge in [0, 0.05) is 36.2 Å². The zero-order valence-electron chi connectivity index (χ0n) is 24.9. The summed E-state index contributed by atoms with van der Waals surface area (Å²) in [5.41, 5.74) is 4.83. The van der Waals surface area contributed by atoms with Crippen LogP contribution in [0.15, 0.2) is 121 Å². The van der Waals surface area contributed by atoms with Crippen LogP contribution in [0.5, 0.6) is 0 Å². The van der Waals surface area contributed by atoms with E-state index in [2.05, 4.69) is 121 Å². The first kappa shape index (κ1) is 26.1. The number of nitrogens with one attached hydrogen (secondary N) is 1. The second-order valence-corrected chi connectivity index (χ2v) is 13.2. The molecule has 6 atom stereocenters. The third-order valence-corrected chi connectivity index (χ3v) is 11.3. The van der Waals surface area contributed by atoms with Crippen LogP contribution in [0.1, 0.15) is 50.9 Å². The van der Waals surface area contributed by atoms with E-state index in [9.17, 15) is 5.11 Å². The molecule has 3 aliphatic heterocycles. The molecule has 216 valence electrons. The monoisotopic (exact) mass is 574 g/mol. The average molecular weight is 575 g/mol. The minimum Gasteiger partial charge on any atom is -0.369 e. The lowest BCUT2D eigenvalue weighted by Gasteiger charge is -2.44. The molecule has 4 aliphatic rings. The Morgan fingerprint density at radius 2 is 1.48 bits per heavy atom. The lowest BCUT2D eigenvalue weighted by molar-refractivity contribution is -0.139. The molecule has 4 heteroatoms. The number of aryl methyl sites for hydroxylation is 2. The quantitative estimate of drug-likeness (QED) is 0.230. The van der Waals surface area contributed by atoms with Crippen molar-refractivity contribution >= 4 is 22.6 Å². The van der Waals surface area contributed by atoms with Crippen LogP contribution in [0.3, 0.4) is 0 Å².